The lowest BCUT2D eigenvalue weighted by atomic mass is 9.85. The predicted octanol–water partition coefficient (Wildman–Crippen LogP) is 10.9. The molecule has 404 valence electrons. The number of sulfonamides is 3. The first-order valence-corrected chi connectivity index (χ1v) is 31.1. The number of fused-ring (bicyclic) bond motifs is 3. The molecule has 3 aliphatic rings. The molecule has 0 radical (unpaired) electrons. The number of hydrogen-bond donors (Lipinski definition) is 3. The molecule has 9 rings (SSSR count). The van der Waals surface area contributed by atoms with Crippen molar-refractivity contribution in [3.63, 3.8) is 0 Å². The Bertz CT molecular complexity index is 3210. The van der Waals surface area contributed by atoms with Crippen molar-refractivity contribution in [2.75, 3.05) is 40.8 Å². The van der Waals surface area contributed by atoms with E-state index in [1.807, 2.05) is 57.5 Å². The molecule has 13 nitrogen and oxygen atoms in total. The Balaban J connectivity index is 1.04. The van der Waals surface area contributed by atoms with Crippen LogP contribution in [0.3, 0.4) is 0 Å². The lowest BCUT2D eigenvalue weighted by molar-refractivity contribution is 0.0852. The maximum absolute atomic E-state index is 14.6. The summed E-state index contributed by atoms with van der Waals surface area (Å²) in [7, 11) is -7.31. The highest BCUT2D eigenvalue weighted by molar-refractivity contribution is 7.90. The maximum Gasteiger partial charge on any atom is 0.241 e. The molecule has 6 unspecified atom stereocenters. The fraction of sp³-hybridized carbons (Fsp3) is 0.333. The second kappa shape index (κ2) is 22.6. The molecule has 6 aromatic rings. The highest BCUT2D eigenvalue weighted by Gasteiger charge is 2.37. The Morgan fingerprint density at radius 2 is 0.697 bits per heavy atom. The molecule has 0 spiro atoms. The zero-order valence-corrected chi connectivity index (χ0v) is 49.3. The van der Waals surface area contributed by atoms with Crippen molar-refractivity contribution < 1.29 is 25.3 Å². The Kier molecular flexibility index (Phi) is 17.1. The summed E-state index contributed by atoms with van der Waals surface area (Å²) in [6.45, 7) is 8.02. The fourth-order valence-corrected chi connectivity index (χ4v) is 16.6. The number of nitrogens with one attached hydrogen (secondary N) is 3. The summed E-state index contributed by atoms with van der Waals surface area (Å²) in [5.74, 6) is -0.823. The summed E-state index contributed by atoms with van der Waals surface area (Å²) in [4.78, 5) is 7.52. The van der Waals surface area contributed by atoms with Crippen molar-refractivity contribution in [1.82, 2.24) is 33.8 Å². The largest absolute Gasteiger partial charge is 0.301 e. The molecular formula is C54H57Cl6N7O6S3. The van der Waals surface area contributed by atoms with E-state index in [0.717, 1.165) is 33.4 Å². The van der Waals surface area contributed by atoms with E-state index in [4.69, 9.17) is 69.6 Å². The summed E-state index contributed by atoms with van der Waals surface area (Å²) in [5.41, 5.74) is 7.49. The zero-order chi connectivity index (χ0) is 54.8. The molecule has 76 heavy (non-hydrogen) atoms. The van der Waals surface area contributed by atoms with Gasteiger partial charge < -0.3 is 14.7 Å². The topological polar surface area (TPSA) is 151 Å². The van der Waals surface area contributed by atoms with E-state index in [-0.39, 0.29) is 32.4 Å². The van der Waals surface area contributed by atoms with Gasteiger partial charge in [0, 0.05) is 87.2 Å². The van der Waals surface area contributed by atoms with Gasteiger partial charge in [-0.2, -0.15) is 14.2 Å². The van der Waals surface area contributed by atoms with Gasteiger partial charge in [0.1, 0.15) is 0 Å². The van der Waals surface area contributed by atoms with E-state index in [9.17, 15) is 25.3 Å². The summed E-state index contributed by atoms with van der Waals surface area (Å²) in [6.07, 6.45) is -3.73. The minimum atomic E-state index is -4.40. The van der Waals surface area contributed by atoms with Gasteiger partial charge in [0.15, 0.2) is 0 Å². The van der Waals surface area contributed by atoms with Crippen molar-refractivity contribution in [1.29, 1.82) is 0 Å². The summed E-state index contributed by atoms with van der Waals surface area (Å²) < 4.78 is 96.0. The van der Waals surface area contributed by atoms with Crippen LogP contribution in [0, 0.1) is 0 Å². The highest BCUT2D eigenvalue weighted by atomic mass is 35.5. The number of hydrogen-bond acceptors (Lipinski definition) is 10. The van der Waals surface area contributed by atoms with Gasteiger partial charge in [0.2, 0.25) is 30.1 Å². The predicted molar refractivity (Wildman–Crippen MR) is 304 cm³/mol. The fourth-order valence-electron chi connectivity index (χ4n) is 11.2. The monoisotopic (exact) mass is 1210 g/mol. The molecule has 22 heteroatoms. The third kappa shape index (κ3) is 12.2. The Morgan fingerprint density at radius 3 is 0.961 bits per heavy atom. The van der Waals surface area contributed by atoms with Gasteiger partial charge in [0.05, 0.1) is 33.2 Å². The lowest BCUT2D eigenvalue weighted by Gasteiger charge is -2.39. The highest BCUT2D eigenvalue weighted by Crippen LogP contribution is 2.42. The van der Waals surface area contributed by atoms with Crippen LogP contribution in [-0.4, -0.2) is 104 Å². The number of likely N-dealkylation sites (N-methyl/N-ethyl adjacent to an activating group) is 3. The third-order valence-electron chi connectivity index (χ3n) is 14.5. The maximum atomic E-state index is 14.6. The average Bonchev–Trinajstić information content (AvgIpc) is 3.34. The van der Waals surface area contributed by atoms with E-state index < -0.39 is 48.6 Å². The summed E-state index contributed by atoms with van der Waals surface area (Å²) in [6, 6.07) is 30.3. The van der Waals surface area contributed by atoms with Crippen molar-refractivity contribution in [2.24, 2.45) is 0 Å². The first-order chi connectivity index (χ1) is 35.8. The van der Waals surface area contributed by atoms with E-state index in [2.05, 4.69) is 28.9 Å². The lowest BCUT2D eigenvalue weighted by Crippen LogP contribution is -2.62. The molecule has 3 N–H and O–H groups in total. The van der Waals surface area contributed by atoms with Crippen molar-refractivity contribution in [2.45, 2.75) is 91.3 Å². The first-order valence-electron chi connectivity index (χ1n) is 24.4. The zero-order valence-electron chi connectivity index (χ0n) is 42.3. The molecule has 0 fully saturated rings. The van der Waals surface area contributed by atoms with Crippen LogP contribution >= 0.6 is 69.6 Å². The normalized spacial score (nSPS) is 19.9. The smallest absolute Gasteiger partial charge is 0.241 e. The van der Waals surface area contributed by atoms with Gasteiger partial charge >= 0.3 is 0 Å². The second-order valence-electron chi connectivity index (χ2n) is 20.2. The summed E-state index contributed by atoms with van der Waals surface area (Å²) in [5, 5.41) is 2.94. The molecule has 0 aromatic heterocycles. The van der Waals surface area contributed by atoms with Gasteiger partial charge in [0.25, 0.3) is 0 Å². The molecule has 0 saturated carbocycles. The van der Waals surface area contributed by atoms with Crippen LogP contribution in [-0.2, 0) is 49.7 Å². The van der Waals surface area contributed by atoms with Gasteiger partial charge in [-0.3, -0.25) is 4.90 Å². The molecule has 0 aliphatic carbocycles. The average molecular weight is 1210 g/mol. The van der Waals surface area contributed by atoms with Crippen molar-refractivity contribution in [3.8, 4) is 0 Å². The van der Waals surface area contributed by atoms with E-state index >= 15 is 0 Å². The van der Waals surface area contributed by atoms with Gasteiger partial charge in [-0.15, -0.1) is 0 Å². The van der Waals surface area contributed by atoms with Crippen LogP contribution in [0.1, 0.15) is 88.6 Å². The summed E-state index contributed by atoms with van der Waals surface area (Å²) >= 11 is 39.5. The molecule has 3 heterocycles. The molecule has 0 bridgehead atoms. The Morgan fingerprint density at radius 1 is 0.434 bits per heavy atom. The standard InChI is InChI=1S/C54H57Cl6N7O6S3/c1-31(61-74(68,69)40-13-7-10-34(16-40)46-25-64(4)28-49-43(46)19-37(55)22-52(49)58)67(32(2)62-75(70,71)41-14-8-11-35(17-41)47-26-65(5)29-50-44(47)20-38(56)23-53(50)59)33(3)63-76(72,73)42-15-9-12-36(18-42)48-27-66(6)30-51-45(48)21-39(57)24-54(51)60/h7-24,31-33,46-48,61-63H,25-30H2,1-6H3. The third-order valence-corrected chi connectivity index (χ3v) is 20.8. The van der Waals surface area contributed by atoms with E-state index in [1.165, 1.54) is 43.9 Å². The molecule has 3 aliphatic heterocycles. The quantitative estimate of drug-likeness (QED) is 0.0848. The van der Waals surface area contributed by atoms with Gasteiger partial charge in [-0.25, -0.2) is 25.3 Å². The van der Waals surface area contributed by atoms with Crippen LogP contribution in [0.2, 0.25) is 30.1 Å². The van der Waals surface area contributed by atoms with Gasteiger partial charge in [-0.1, -0.05) is 106 Å². The van der Waals surface area contributed by atoms with E-state index in [1.54, 1.807) is 54.6 Å². The van der Waals surface area contributed by atoms with Crippen LogP contribution in [0.25, 0.3) is 0 Å². The van der Waals surface area contributed by atoms with Crippen LogP contribution in [0.5, 0.6) is 0 Å². The van der Waals surface area contributed by atoms with Crippen LogP contribution < -0.4 is 14.2 Å². The van der Waals surface area contributed by atoms with Crippen molar-refractivity contribution in [3.05, 3.63) is 189 Å². The minimum absolute atomic E-state index is 0.0650. The Labute approximate surface area is 476 Å². The van der Waals surface area contributed by atoms with Crippen molar-refractivity contribution >= 4 is 99.7 Å². The molecule has 0 saturated heterocycles. The second-order valence-corrected chi connectivity index (χ2v) is 27.8. The number of halogens is 6. The Hall–Kier alpha value is -3.37. The number of rotatable bonds is 15. The minimum Gasteiger partial charge on any atom is -0.301 e. The van der Waals surface area contributed by atoms with E-state index in [0.29, 0.717) is 86.1 Å². The molecular weight excluding hydrogens is 1150 g/mol. The molecule has 6 atom stereocenters. The number of nitrogens with zero attached hydrogens (tertiary/aromatic N) is 4. The SMILES string of the molecule is CC(NS(=O)(=O)c1cccc(C2CN(C)Cc3c(Cl)cc(Cl)cc32)c1)N(C(C)NS(=O)(=O)c1cccc(C2CN(C)Cc3c(Cl)cc(Cl)cc32)c1)C(C)NS(=O)(=O)c1cccc(C2CN(C)Cc3c(Cl)cc(Cl)cc32)c1. The first kappa shape index (κ1) is 57.3. The van der Waals surface area contributed by atoms with Gasteiger partial charge in [-0.05, 0) is 165 Å². The number of benzene rings is 6. The van der Waals surface area contributed by atoms with Crippen LogP contribution in [0.4, 0.5) is 0 Å². The molecule has 0 amide bonds. The van der Waals surface area contributed by atoms with Crippen LogP contribution in [0.15, 0.2) is 124 Å². The molecule has 6 aromatic carbocycles.